The summed E-state index contributed by atoms with van der Waals surface area (Å²) in [5.74, 6) is -1.70. The monoisotopic (exact) mass is 467 g/mol. The molecule has 0 aliphatic rings. The van der Waals surface area contributed by atoms with Crippen molar-refractivity contribution in [2.75, 3.05) is 6.61 Å². The van der Waals surface area contributed by atoms with Gasteiger partial charge in [-0.3, -0.25) is 4.79 Å². The van der Waals surface area contributed by atoms with Gasteiger partial charge < -0.3 is 20.3 Å². The number of carboxylic acid groups (broad SMARTS) is 1. The molecule has 0 aliphatic heterocycles. The van der Waals surface area contributed by atoms with Crippen molar-refractivity contribution in [1.82, 2.24) is 5.32 Å². The maximum atomic E-state index is 12.4. The first-order valence-corrected chi connectivity index (χ1v) is 11.0. The molecule has 0 spiro atoms. The lowest BCUT2D eigenvalue weighted by atomic mass is 9.98. The molecule has 33 heavy (non-hydrogen) atoms. The van der Waals surface area contributed by atoms with Gasteiger partial charge in [-0.25, -0.2) is 4.79 Å². The van der Waals surface area contributed by atoms with Gasteiger partial charge in [0.2, 0.25) is 5.91 Å². The summed E-state index contributed by atoms with van der Waals surface area (Å²) in [5.41, 5.74) is 3.81. The van der Waals surface area contributed by atoms with Crippen molar-refractivity contribution in [3.8, 4) is 11.1 Å². The van der Waals surface area contributed by atoms with Crippen molar-refractivity contribution in [2.45, 2.75) is 31.6 Å². The Bertz CT molecular complexity index is 1060. The van der Waals surface area contributed by atoms with Crippen LogP contribution in [-0.4, -0.2) is 40.8 Å². The molecule has 3 N–H and O–H groups in total. The molecular weight excluding hydrogens is 442 g/mol. The lowest BCUT2D eigenvalue weighted by Crippen LogP contribution is -2.42. The Kier molecular flexibility index (Phi) is 9.01. The molecule has 0 saturated carbocycles. The summed E-state index contributed by atoms with van der Waals surface area (Å²) in [6, 6.07) is 24.1. The number of nitrogens with one attached hydrogen (secondary N) is 1. The van der Waals surface area contributed by atoms with E-state index in [0.717, 1.165) is 22.3 Å². The van der Waals surface area contributed by atoms with Gasteiger partial charge in [-0.15, -0.1) is 0 Å². The van der Waals surface area contributed by atoms with E-state index in [1.165, 1.54) is 0 Å². The van der Waals surface area contributed by atoms with Gasteiger partial charge in [0.15, 0.2) is 6.10 Å². The van der Waals surface area contributed by atoms with Crippen molar-refractivity contribution in [1.29, 1.82) is 0 Å². The first kappa shape index (κ1) is 24.5. The van der Waals surface area contributed by atoms with Gasteiger partial charge in [0.25, 0.3) is 0 Å². The van der Waals surface area contributed by atoms with Crippen LogP contribution in [0.1, 0.15) is 17.5 Å². The molecule has 2 atom stereocenters. The normalized spacial score (nSPS) is 12.7. The molecule has 0 saturated heterocycles. The first-order valence-electron chi connectivity index (χ1n) is 10.6. The van der Waals surface area contributed by atoms with Crippen LogP contribution >= 0.6 is 11.6 Å². The highest BCUT2D eigenvalue weighted by atomic mass is 35.5. The van der Waals surface area contributed by atoms with E-state index in [4.69, 9.17) is 21.4 Å². The van der Waals surface area contributed by atoms with Crippen LogP contribution < -0.4 is 5.32 Å². The molecule has 0 heterocycles. The molecule has 0 bridgehead atoms. The van der Waals surface area contributed by atoms with Gasteiger partial charge >= 0.3 is 5.97 Å². The van der Waals surface area contributed by atoms with Crippen LogP contribution in [0.25, 0.3) is 11.1 Å². The zero-order valence-corrected chi connectivity index (χ0v) is 18.7. The number of hydrogen-bond donors (Lipinski definition) is 3. The van der Waals surface area contributed by atoms with Crippen LogP contribution in [0.4, 0.5) is 0 Å². The summed E-state index contributed by atoms with van der Waals surface area (Å²) < 4.78 is 5.46. The molecule has 3 aromatic rings. The van der Waals surface area contributed by atoms with Crippen molar-refractivity contribution in [2.24, 2.45) is 0 Å². The molecule has 0 aromatic heterocycles. The fraction of sp³-hybridized carbons (Fsp3) is 0.231. The second-order valence-electron chi connectivity index (χ2n) is 7.74. The number of aliphatic hydroxyl groups excluding tert-OH is 1. The predicted molar refractivity (Wildman–Crippen MR) is 127 cm³/mol. The lowest BCUT2D eigenvalue weighted by Gasteiger charge is -2.20. The number of aliphatic hydroxyl groups is 1. The third-order valence-electron chi connectivity index (χ3n) is 5.10. The van der Waals surface area contributed by atoms with Crippen LogP contribution in [-0.2, 0) is 27.4 Å². The second kappa shape index (κ2) is 12.2. The van der Waals surface area contributed by atoms with E-state index in [-0.39, 0.29) is 18.9 Å². The quantitative estimate of drug-likeness (QED) is 0.395. The van der Waals surface area contributed by atoms with Gasteiger partial charge in [0, 0.05) is 17.5 Å². The van der Waals surface area contributed by atoms with Crippen LogP contribution in [0.5, 0.6) is 0 Å². The molecule has 6 nitrogen and oxygen atoms in total. The Morgan fingerprint density at radius 1 is 0.909 bits per heavy atom. The zero-order valence-electron chi connectivity index (χ0n) is 18.0. The van der Waals surface area contributed by atoms with Crippen LogP contribution in [0.2, 0.25) is 5.02 Å². The molecule has 3 aromatic carbocycles. The summed E-state index contributed by atoms with van der Waals surface area (Å²) in [4.78, 5) is 23.5. The number of aliphatic carboxylic acids is 1. The fourth-order valence-electron chi connectivity index (χ4n) is 3.45. The van der Waals surface area contributed by atoms with Gasteiger partial charge in [-0.05, 0) is 40.8 Å². The maximum absolute atomic E-state index is 12.4. The number of halogens is 1. The maximum Gasteiger partial charge on any atom is 0.332 e. The minimum absolute atomic E-state index is 0.115. The van der Waals surface area contributed by atoms with Gasteiger partial charge in [-0.2, -0.15) is 0 Å². The average molecular weight is 468 g/mol. The fourth-order valence-corrected chi connectivity index (χ4v) is 3.64. The Balaban J connectivity index is 1.61. The minimum atomic E-state index is -1.58. The molecule has 7 heteroatoms. The largest absolute Gasteiger partial charge is 0.479 e. The number of carboxylic acids is 1. The molecule has 3 rings (SSSR count). The van der Waals surface area contributed by atoms with Gasteiger partial charge in [-0.1, -0.05) is 78.3 Å². The van der Waals surface area contributed by atoms with E-state index in [1.54, 1.807) is 0 Å². The van der Waals surface area contributed by atoms with E-state index >= 15 is 0 Å². The third kappa shape index (κ3) is 8.02. The molecule has 0 fully saturated rings. The molecule has 0 radical (unpaired) electrons. The zero-order chi connectivity index (χ0) is 23.6. The van der Waals surface area contributed by atoms with E-state index in [9.17, 15) is 14.7 Å². The number of rotatable bonds is 11. The van der Waals surface area contributed by atoms with Gasteiger partial charge in [0.1, 0.15) is 6.61 Å². The number of ether oxygens (including phenoxy) is 1. The van der Waals surface area contributed by atoms with E-state index in [0.29, 0.717) is 18.1 Å². The standard InChI is InChI=1S/C26H26ClNO5/c27-22-8-4-7-21(14-22)20-11-9-18(10-12-20)13-23(15-24(29)26(31)32)28-25(30)17-33-16-19-5-2-1-3-6-19/h1-12,14,23-24,29H,13,15-17H2,(H,28,30)(H,31,32)/t23-,24-/m1/s1. The lowest BCUT2D eigenvalue weighted by molar-refractivity contribution is -0.147. The first-order chi connectivity index (χ1) is 15.9. The van der Waals surface area contributed by atoms with E-state index in [1.807, 2.05) is 78.9 Å². The highest BCUT2D eigenvalue weighted by Crippen LogP contribution is 2.23. The Labute approximate surface area is 197 Å². The Morgan fingerprint density at radius 2 is 1.64 bits per heavy atom. The highest BCUT2D eigenvalue weighted by molar-refractivity contribution is 6.30. The average Bonchev–Trinajstić information content (AvgIpc) is 2.80. The summed E-state index contributed by atoms with van der Waals surface area (Å²) >= 11 is 6.07. The topological polar surface area (TPSA) is 95.9 Å². The Morgan fingerprint density at radius 3 is 2.30 bits per heavy atom. The number of carbonyl (C=O) groups excluding carboxylic acids is 1. The highest BCUT2D eigenvalue weighted by Gasteiger charge is 2.22. The Hall–Kier alpha value is -3.19. The molecule has 1 amide bonds. The van der Waals surface area contributed by atoms with Crippen LogP contribution in [0, 0.1) is 0 Å². The van der Waals surface area contributed by atoms with Crippen LogP contribution in [0.3, 0.4) is 0 Å². The van der Waals surface area contributed by atoms with Crippen molar-refractivity contribution in [3.63, 3.8) is 0 Å². The number of amides is 1. The smallest absolute Gasteiger partial charge is 0.332 e. The number of carbonyl (C=O) groups is 2. The molecule has 0 unspecified atom stereocenters. The van der Waals surface area contributed by atoms with Crippen molar-refractivity contribution in [3.05, 3.63) is 95.0 Å². The van der Waals surface area contributed by atoms with Crippen LogP contribution in [0.15, 0.2) is 78.9 Å². The minimum Gasteiger partial charge on any atom is -0.479 e. The predicted octanol–water partition coefficient (Wildman–Crippen LogP) is 4.09. The van der Waals surface area contributed by atoms with Crippen molar-refractivity contribution < 1.29 is 24.5 Å². The molecule has 172 valence electrons. The molecule has 0 aliphatic carbocycles. The van der Waals surface area contributed by atoms with Gasteiger partial charge in [0.05, 0.1) is 6.61 Å². The summed E-state index contributed by atoms with van der Waals surface area (Å²) in [6.07, 6.45) is -1.33. The molecular formula is C26H26ClNO5. The summed E-state index contributed by atoms with van der Waals surface area (Å²) in [7, 11) is 0. The summed E-state index contributed by atoms with van der Waals surface area (Å²) in [6.45, 7) is 0.129. The number of benzene rings is 3. The summed E-state index contributed by atoms with van der Waals surface area (Å²) in [5, 5.41) is 22.4. The second-order valence-corrected chi connectivity index (χ2v) is 8.18. The number of hydrogen-bond acceptors (Lipinski definition) is 4. The van der Waals surface area contributed by atoms with E-state index in [2.05, 4.69) is 5.32 Å². The van der Waals surface area contributed by atoms with E-state index < -0.39 is 18.1 Å². The SMILES string of the molecule is O=C(COCc1ccccc1)N[C@H](Cc1ccc(-c2cccc(Cl)c2)cc1)C[C@@H](O)C(=O)O. The third-order valence-corrected chi connectivity index (χ3v) is 5.33. The van der Waals surface area contributed by atoms with Crippen molar-refractivity contribution >= 4 is 23.5 Å².